The normalized spacial score (nSPS) is 16.5. The van der Waals surface area contributed by atoms with Crippen LogP contribution in [0.1, 0.15) is 51.8 Å². The molecule has 0 N–H and O–H groups in total. The van der Waals surface area contributed by atoms with Gasteiger partial charge in [0.05, 0.1) is 5.70 Å². The molecule has 0 spiro atoms. The van der Waals surface area contributed by atoms with Crippen LogP contribution >= 0.6 is 0 Å². The lowest BCUT2D eigenvalue weighted by Crippen LogP contribution is -2.23. The molecule has 0 saturated heterocycles. The molecule has 0 amide bonds. The van der Waals surface area contributed by atoms with Crippen LogP contribution in [0.4, 0.5) is 0 Å². The summed E-state index contributed by atoms with van der Waals surface area (Å²) < 4.78 is 0. The van der Waals surface area contributed by atoms with Crippen molar-refractivity contribution >= 4 is 44.9 Å². The van der Waals surface area contributed by atoms with Gasteiger partial charge in [0.1, 0.15) is 0 Å². The summed E-state index contributed by atoms with van der Waals surface area (Å²) >= 11 is 0. The van der Waals surface area contributed by atoms with Crippen LogP contribution in [-0.2, 0) is 0 Å². The van der Waals surface area contributed by atoms with Gasteiger partial charge in [0.25, 0.3) is 0 Å². The summed E-state index contributed by atoms with van der Waals surface area (Å²) in [5.41, 5.74) is 13.8. The lowest BCUT2D eigenvalue weighted by Gasteiger charge is -2.37. The third-order valence-electron chi connectivity index (χ3n) is 11.6. The number of hydrogen-bond donors (Lipinski definition) is 0. The van der Waals surface area contributed by atoms with Crippen LogP contribution < -0.4 is 0 Å². The largest absolute Gasteiger partial charge is 0.264 e. The molecule has 2 atom stereocenters. The van der Waals surface area contributed by atoms with E-state index < -0.39 is 0 Å². The second-order valence-corrected chi connectivity index (χ2v) is 15.1. The highest BCUT2D eigenvalue weighted by Crippen LogP contribution is 2.51. The van der Waals surface area contributed by atoms with Crippen LogP contribution in [0.5, 0.6) is 0 Å². The van der Waals surface area contributed by atoms with Crippen LogP contribution in [0.3, 0.4) is 0 Å². The smallest absolute Gasteiger partial charge is 0.159 e. The average molecular weight is 756 g/mol. The Morgan fingerprint density at radius 1 is 0.627 bits per heavy atom. The highest BCUT2D eigenvalue weighted by molar-refractivity contribution is 6.08. The molecule has 1 heterocycles. The van der Waals surface area contributed by atoms with E-state index in [2.05, 4.69) is 206 Å². The number of aliphatic imine (C=N–C) groups is 2. The monoisotopic (exact) mass is 755 g/mol. The maximum absolute atomic E-state index is 5.40. The Labute approximate surface area is 345 Å². The van der Waals surface area contributed by atoms with Crippen LogP contribution in [0.25, 0.3) is 43.9 Å². The van der Waals surface area contributed by atoms with E-state index in [1.807, 2.05) is 18.5 Å². The summed E-state index contributed by atoms with van der Waals surface area (Å²) in [6.07, 6.45) is 16.8. The van der Waals surface area contributed by atoms with Crippen molar-refractivity contribution < 1.29 is 0 Å². The van der Waals surface area contributed by atoms with E-state index in [0.29, 0.717) is 5.84 Å². The minimum absolute atomic E-state index is 0.0885. The molecule has 59 heavy (non-hydrogen) atoms. The van der Waals surface area contributed by atoms with Crippen LogP contribution in [-0.4, -0.2) is 17.0 Å². The third kappa shape index (κ3) is 6.87. The highest BCUT2D eigenvalue weighted by Gasteiger charge is 2.36. The Balaban J connectivity index is 1.10. The topological polar surface area (TPSA) is 37.6 Å². The SMILES string of the molecule is C\C=C(/N=C(\N=C\c1ccc(-c2cccnc2)cc1)c1cccc(C2c3ccccc3C(c3cccc4ccccc34)=C3C=CC=CC32)c1)c1cccc2ccccc12. The fraction of sp³-hybridized carbons (Fsp3) is 0.0536. The molecule has 10 rings (SSSR count). The number of fused-ring (bicyclic) bond motifs is 4. The molecule has 2 unspecified atom stereocenters. The van der Waals surface area contributed by atoms with E-state index in [4.69, 9.17) is 9.98 Å². The molecule has 0 aliphatic heterocycles. The molecule has 7 aromatic carbocycles. The van der Waals surface area contributed by atoms with Crippen molar-refractivity contribution in [3.63, 3.8) is 0 Å². The summed E-state index contributed by atoms with van der Waals surface area (Å²) in [7, 11) is 0. The predicted molar refractivity (Wildman–Crippen MR) is 248 cm³/mol. The Kier molecular flexibility index (Phi) is 9.61. The standard InChI is InChI=1S/C56H41N3/c1-2-53(47-28-12-17-40-15-3-5-22-45(40)47)59-56(58-36-38-30-32-39(33-31-38)44-21-14-34-57-37-44)43-20-11-19-42(35-43)54-49-24-7-9-26-51(49)55(52-27-10-8-25-50(52)54)48-29-13-18-41-16-4-6-23-46(41)48/h2-37,49,54H,1H3/b53-2-,58-36+,59-56-. The second kappa shape index (κ2) is 15.8. The minimum Gasteiger partial charge on any atom is -0.264 e. The fourth-order valence-corrected chi connectivity index (χ4v) is 8.89. The second-order valence-electron chi connectivity index (χ2n) is 15.1. The number of hydrogen-bond acceptors (Lipinski definition) is 2. The molecule has 3 heteroatoms. The molecule has 0 fully saturated rings. The molecule has 0 radical (unpaired) electrons. The maximum atomic E-state index is 5.40. The lowest BCUT2D eigenvalue weighted by atomic mass is 9.66. The van der Waals surface area contributed by atoms with Crippen molar-refractivity contribution in [2.45, 2.75) is 12.8 Å². The van der Waals surface area contributed by atoms with Gasteiger partial charge in [-0.25, -0.2) is 9.98 Å². The first-order valence-corrected chi connectivity index (χ1v) is 20.3. The van der Waals surface area contributed by atoms with Crippen molar-refractivity contribution in [3.05, 3.63) is 257 Å². The van der Waals surface area contributed by atoms with Crippen molar-refractivity contribution in [3.8, 4) is 11.1 Å². The highest BCUT2D eigenvalue weighted by atomic mass is 14.9. The van der Waals surface area contributed by atoms with E-state index >= 15 is 0 Å². The zero-order valence-electron chi connectivity index (χ0n) is 32.8. The van der Waals surface area contributed by atoms with Crippen LogP contribution in [0.2, 0.25) is 0 Å². The van der Waals surface area contributed by atoms with Gasteiger partial charge in [-0.3, -0.25) is 4.98 Å². The molecule has 8 aromatic rings. The van der Waals surface area contributed by atoms with E-state index in [9.17, 15) is 0 Å². The summed E-state index contributed by atoms with van der Waals surface area (Å²) in [6, 6.07) is 60.7. The number of nitrogens with zero attached hydrogens (tertiary/aromatic N) is 3. The zero-order chi connectivity index (χ0) is 39.5. The first-order chi connectivity index (χ1) is 29.2. The number of aromatic nitrogens is 1. The van der Waals surface area contributed by atoms with Gasteiger partial charge in [0.15, 0.2) is 5.84 Å². The Bertz CT molecular complexity index is 3040. The third-order valence-corrected chi connectivity index (χ3v) is 11.6. The summed E-state index contributed by atoms with van der Waals surface area (Å²) in [6.45, 7) is 2.05. The molecule has 0 saturated carbocycles. The fourth-order valence-electron chi connectivity index (χ4n) is 8.89. The van der Waals surface area contributed by atoms with E-state index in [-0.39, 0.29) is 11.8 Å². The van der Waals surface area contributed by atoms with Gasteiger partial charge in [-0.1, -0.05) is 188 Å². The molecule has 280 valence electrons. The van der Waals surface area contributed by atoms with Gasteiger partial charge < -0.3 is 0 Å². The predicted octanol–water partition coefficient (Wildman–Crippen LogP) is 13.7. The van der Waals surface area contributed by atoms with Gasteiger partial charge >= 0.3 is 0 Å². The molecule has 2 aliphatic carbocycles. The van der Waals surface area contributed by atoms with Gasteiger partial charge in [-0.15, -0.1) is 0 Å². The van der Waals surface area contributed by atoms with E-state index in [1.165, 1.54) is 49.6 Å². The van der Waals surface area contributed by atoms with Crippen LogP contribution in [0, 0.1) is 5.92 Å². The van der Waals surface area contributed by atoms with Crippen molar-refractivity contribution in [1.82, 2.24) is 4.98 Å². The minimum atomic E-state index is 0.0885. The van der Waals surface area contributed by atoms with E-state index in [0.717, 1.165) is 38.9 Å². The summed E-state index contributed by atoms with van der Waals surface area (Å²) in [4.78, 5) is 14.9. The number of amidine groups is 1. The molecule has 2 aliphatic rings. The molecule has 3 nitrogen and oxygen atoms in total. The van der Waals surface area contributed by atoms with Crippen LogP contribution in [0.15, 0.2) is 228 Å². The zero-order valence-corrected chi connectivity index (χ0v) is 32.8. The quantitative estimate of drug-likeness (QED) is 0.118. The first kappa shape index (κ1) is 35.9. The lowest BCUT2D eigenvalue weighted by molar-refractivity contribution is 0.649. The van der Waals surface area contributed by atoms with Crippen molar-refractivity contribution in [1.29, 1.82) is 0 Å². The maximum Gasteiger partial charge on any atom is 0.159 e. The van der Waals surface area contributed by atoms with Crippen molar-refractivity contribution in [2.24, 2.45) is 15.9 Å². The number of allylic oxidation sites excluding steroid dienone is 6. The van der Waals surface area contributed by atoms with Gasteiger partial charge in [-0.2, -0.15) is 0 Å². The number of rotatable bonds is 7. The first-order valence-electron chi connectivity index (χ1n) is 20.3. The Morgan fingerprint density at radius 3 is 2.19 bits per heavy atom. The van der Waals surface area contributed by atoms with Gasteiger partial charge in [0.2, 0.25) is 0 Å². The number of benzene rings is 7. The average Bonchev–Trinajstić information content (AvgIpc) is 3.31. The van der Waals surface area contributed by atoms with Gasteiger partial charge in [-0.05, 0) is 90.7 Å². The summed E-state index contributed by atoms with van der Waals surface area (Å²) in [5, 5.41) is 4.86. The van der Waals surface area contributed by atoms with Crippen molar-refractivity contribution in [2.75, 3.05) is 0 Å². The van der Waals surface area contributed by atoms with Gasteiger partial charge in [0, 0.05) is 41.6 Å². The number of pyridine rings is 1. The van der Waals surface area contributed by atoms with E-state index in [1.54, 1.807) is 6.20 Å². The molecule has 1 aromatic heterocycles. The Morgan fingerprint density at radius 2 is 1.36 bits per heavy atom. The summed E-state index contributed by atoms with van der Waals surface area (Å²) in [5.74, 6) is 0.883. The molecule has 0 bridgehead atoms. The molecular formula is C56H41N3. The Hall–Kier alpha value is -7.49. The molecular weight excluding hydrogens is 715 g/mol.